The Morgan fingerprint density at radius 2 is 1.81 bits per heavy atom. The van der Waals surface area contributed by atoms with E-state index in [-0.39, 0.29) is 17.1 Å². The maximum atomic E-state index is 13.1. The standard InChI is InChI=1S/C17H24N6O2S/c1-5-21-10-17(20-13(21)4)26(24,25)23-14-7-15(23)9-22(8-14)16-6-11(2)18-12(3)19-16/h6,10,14-15H,5,7-9H2,1-4H3. The smallest absolute Gasteiger partial charge is 0.262 e. The first-order valence-electron chi connectivity index (χ1n) is 8.94. The van der Waals surface area contributed by atoms with Crippen LogP contribution in [0.4, 0.5) is 5.82 Å². The number of aryl methyl sites for hydroxylation is 4. The van der Waals surface area contributed by atoms with Crippen LogP contribution in [0.15, 0.2) is 17.3 Å². The lowest BCUT2D eigenvalue weighted by Crippen LogP contribution is -2.70. The molecule has 0 aromatic carbocycles. The number of rotatable bonds is 4. The summed E-state index contributed by atoms with van der Waals surface area (Å²) in [6.07, 6.45) is 2.54. The molecule has 2 atom stereocenters. The van der Waals surface area contributed by atoms with Gasteiger partial charge in [0.25, 0.3) is 10.0 Å². The van der Waals surface area contributed by atoms with Gasteiger partial charge in [0.05, 0.1) is 0 Å². The van der Waals surface area contributed by atoms with Gasteiger partial charge >= 0.3 is 0 Å². The first-order valence-corrected chi connectivity index (χ1v) is 10.4. The molecule has 0 amide bonds. The number of piperazine rings is 1. The molecule has 5 heterocycles. The van der Waals surface area contributed by atoms with Crippen molar-refractivity contribution in [2.24, 2.45) is 0 Å². The second-order valence-corrected chi connectivity index (χ2v) is 8.90. The fourth-order valence-corrected chi connectivity index (χ4v) is 5.86. The van der Waals surface area contributed by atoms with Crippen LogP contribution in [0.2, 0.25) is 0 Å². The van der Waals surface area contributed by atoms with Crippen LogP contribution in [-0.2, 0) is 16.6 Å². The van der Waals surface area contributed by atoms with Crippen molar-refractivity contribution in [1.29, 1.82) is 0 Å². The fourth-order valence-electron chi connectivity index (χ4n) is 4.05. The van der Waals surface area contributed by atoms with Gasteiger partial charge in [-0.3, -0.25) is 0 Å². The average molecular weight is 376 g/mol. The van der Waals surface area contributed by atoms with E-state index in [1.807, 2.05) is 38.3 Å². The normalized spacial score (nSPS) is 23.2. The minimum absolute atomic E-state index is 0.0265. The highest BCUT2D eigenvalue weighted by Crippen LogP contribution is 2.38. The minimum atomic E-state index is -3.55. The highest BCUT2D eigenvalue weighted by Gasteiger charge is 2.52. The Labute approximate surface area is 153 Å². The number of sulfonamides is 1. The number of hydrogen-bond donors (Lipinski definition) is 0. The molecule has 0 spiro atoms. The zero-order chi connectivity index (χ0) is 18.6. The van der Waals surface area contributed by atoms with E-state index in [0.717, 1.165) is 29.6 Å². The van der Waals surface area contributed by atoms with Crippen LogP contribution in [0.1, 0.15) is 30.7 Å². The van der Waals surface area contributed by atoms with Crippen molar-refractivity contribution in [3.63, 3.8) is 0 Å². The summed E-state index contributed by atoms with van der Waals surface area (Å²) in [5.41, 5.74) is 0.928. The summed E-state index contributed by atoms with van der Waals surface area (Å²) in [5, 5.41) is 0.161. The third kappa shape index (κ3) is 2.69. The van der Waals surface area contributed by atoms with Crippen molar-refractivity contribution >= 4 is 15.8 Å². The van der Waals surface area contributed by atoms with Crippen LogP contribution in [0.25, 0.3) is 0 Å². The van der Waals surface area contributed by atoms with Crippen LogP contribution in [0.5, 0.6) is 0 Å². The lowest BCUT2D eigenvalue weighted by molar-refractivity contribution is 0.0871. The van der Waals surface area contributed by atoms with Crippen LogP contribution in [0.3, 0.4) is 0 Å². The van der Waals surface area contributed by atoms with E-state index >= 15 is 0 Å². The summed E-state index contributed by atoms with van der Waals surface area (Å²) in [6.45, 7) is 9.66. The van der Waals surface area contributed by atoms with Gasteiger partial charge in [-0.2, -0.15) is 4.31 Å². The number of anilines is 1. The molecule has 8 nitrogen and oxygen atoms in total. The quantitative estimate of drug-likeness (QED) is 0.799. The van der Waals surface area contributed by atoms with Crippen molar-refractivity contribution in [2.45, 2.75) is 57.8 Å². The molecule has 2 unspecified atom stereocenters. The summed E-state index contributed by atoms with van der Waals surface area (Å²) in [4.78, 5) is 15.3. The lowest BCUT2D eigenvalue weighted by atomic mass is 9.91. The molecule has 3 aliphatic rings. The van der Waals surface area contributed by atoms with Gasteiger partial charge in [0.15, 0.2) is 5.03 Å². The number of piperidine rings is 1. The summed E-state index contributed by atoms with van der Waals surface area (Å²) < 4.78 is 29.6. The predicted octanol–water partition coefficient (Wildman–Crippen LogP) is 1.27. The van der Waals surface area contributed by atoms with E-state index < -0.39 is 10.0 Å². The molecule has 2 aromatic rings. The van der Waals surface area contributed by atoms with Crippen LogP contribution < -0.4 is 4.90 Å². The molecule has 0 N–H and O–H groups in total. The maximum absolute atomic E-state index is 13.1. The second kappa shape index (κ2) is 6.02. The van der Waals surface area contributed by atoms with Crippen molar-refractivity contribution < 1.29 is 8.42 Å². The molecule has 0 radical (unpaired) electrons. The zero-order valence-corrected chi connectivity index (χ0v) is 16.4. The highest BCUT2D eigenvalue weighted by molar-refractivity contribution is 7.89. The first kappa shape index (κ1) is 17.4. The van der Waals surface area contributed by atoms with E-state index in [9.17, 15) is 8.42 Å². The Balaban J connectivity index is 1.57. The molecule has 2 bridgehead atoms. The number of fused-ring (bicyclic) bond motifs is 2. The van der Waals surface area contributed by atoms with E-state index in [0.29, 0.717) is 19.6 Å². The second-order valence-electron chi connectivity index (χ2n) is 7.11. The molecule has 0 saturated carbocycles. The van der Waals surface area contributed by atoms with E-state index in [2.05, 4.69) is 19.9 Å². The molecule has 3 aliphatic heterocycles. The molecule has 9 heteroatoms. The van der Waals surface area contributed by atoms with Gasteiger partial charge in [-0.25, -0.2) is 23.4 Å². The van der Waals surface area contributed by atoms with Crippen molar-refractivity contribution in [3.8, 4) is 0 Å². The van der Waals surface area contributed by atoms with Crippen LogP contribution >= 0.6 is 0 Å². The van der Waals surface area contributed by atoms with Gasteiger partial charge in [0, 0.05) is 49.7 Å². The fraction of sp³-hybridized carbons (Fsp3) is 0.588. The van der Waals surface area contributed by atoms with Gasteiger partial charge in [-0.05, 0) is 34.1 Å². The molecule has 2 aromatic heterocycles. The van der Waals surface area contributed by atoms with Gasteiger partial charge in [0.1, 0.15) is 17.5 Å². The topological polar surface area (TPSA) is 84.2 Å². The van der Waals surface area contributed by atoms with Crippen molar-refractivity contribution in [3.05, 3.63) is 29.6 Å². The number of nitrogens with zero attached hydrogens (tertiary/aromatic N) is 6. The summed E-state index contributed by atoms with van der Waals surface area (Å²) in [7, 11) is -3.55. The zero-order valence-electron chi connectivity index (χ0n) is 15.5. The molecular weight excluding hydrogens is 352 g/mol. The van der Waals surface area contributed by atoms with Crippen molar-refractivity contribution in [2.75, 3.05) is 18.0 Å². The number of imidazole rings is 1. The van der Waals surface area contributed by atoms with Gasteiger partial charge < -0.3 is 9.47 Å². The molecule has 5 rings (SSSR count). The average Bonchev–Trinajstić information content (AvgIpc) is 2.95. The number of hydrogen-bond acceptors (Lipinski definition) is 6. The van der Waals surface area contributed by atoms with Gasteiger partial charge in [-0.15, -0.1) is 0 Å². The summed E-state index contributed by atoms with van der Waals surface area (Å²) >= 11 is 0. The minimum Gasteiger partial charge on any atom is -0.353 e. The van der Waals surface area contributed by atoms with Crippen LogP contribution in [0, 0.1) is 20.8 Å². The van der Waals surface area contributed by atoms with E-state index in [1.54, 1.807) is 10.5 Å². The summed E-state index contributed by atoms with van der Waals surface area (Å²) in [6, 6.07) is 1.91. The van der Waals surface area contributed by atoms with E-state index in [4.69, 9.17) is 0 Å². The number of aromatic nitrogens is 4. The Kier molecular flexibility index (Phi) is 4.03. The SMILES string of the molecule is CCn1cc(S(=O)(=O)N2C3CC2CN(c2cc(C)nc(C)n2)C3)nc1C. The Hall–Kier alpha value is -2.00. The predicted molar refractivity (Wildman–Crippen MR) is 97.6 cm³/mol. The van der Waals surface area contributed by atoms with Gasteiger partial charge in [0.2, 0.25) is 0 Å². The molecular formula is C17H24N6O2S. The lowest BCUT2D eigenvalue weighted by Gasteiger charge is -2.54. The third-order valence-electron chi connectivity index (χ3n) is 5.24. The Morgan fingerprint density at radius 1 is 1.12 bits per heavy atom. The first-order chi connectivity index (χ1) is 12.3. The molecule has 3 saturated heterocycles. The van der Waals surface area contributed by atoms with Crippen molar-refractivity contribution in [1.82, 2.24) is 23.8 Å². The Morgan fingerprint density at radius 3 is 2.38 bits per heavy atom. The highest BCUT2D eigenvalue weighted by atomic mass is 32.2. The van der Waals surface area contributed by atoms with E-state index in [1.165, 1.54) is 0 Å². The molecule has 0 aliphatic carbocycles. The summed E-state index contributed by atoms with van der Waals surface area (Å²) in [5.74, 6) is 2.35. The maximum Gasteiger partial charge on any atom is 0.262 e. The Bertz CT molecular complexity index is 922. The molecule has 140 valence electrons. The van der Waals surface area contributed by atoms with Crippen LogP contribution in [-0.4, -0.2) is 57.4 Å². The largest absolute Gasteiger partial charge is 0.353 e. The molecule has 26 heavy (non-hydrogen) atoms. The van der Waals surface area contributed by atoms with Gasteiger partial charge in [-0.1, -0.05) is 0 Å². The monoisotopic (exact) mass is 376 g/mol. The molecule has 3 fully saturated rings. The third-order valence-corrected chi connectivity index (χ3v) is 7.12.